The van der Waals surface area contributed by atoms with Crippen LogP contribution in [0.3, 0.4) is 0 Å². The molecule has 1 N–H and O–H groups in total. The van der Waals surface area contributed by atoms with E-state index in [0.29, 0.717) is 12.6 Å². The SMILES string of the molecule is C=CCn1c(SC(C)C(=O)NC2CCCC2)nnc1-c1cccc(C)c1. The Labute approximate surface area is 159 Å². The second-order valence-electron chi connectivity index (χ2n) is 6.82. The van der Waals surface area contributed by atoms with Crippen LogP contribution in [0.4, 0.5) is 0 Å². The summed E-state index contributed by atoms with van der Waals surface area (Å²) in [5.41, 5.74) is 2.20. The van der Waals surface area contributed by atoms with Crippen molar-refractivity contribution in [1.29, 1.82) is 0 Å². The Balaban J connectivity index is 1.76. The number of amides is 1. The third kappa shape index (κ3) is 4.36. The van der Waals surface area contributed by atoms with E-state index in [2.05, 4.69) is 41.1 Å². The molecule has 1 aliphatic rings. The molecule has 1 unspecified atom stereocenters. The van der Waals surface area contributed by atoms with E-state index < -0.39 is 0 Å². The van der Waals surface area contributed by atoms with E-state index in [0.717, 1.165) is 29.4 Å². The maximum Gasteiger partial charge on any atom is 0.233 e. The van der Waals surface area contributed by atoms with Crippen LogP contribution in [0.1, 0.15) is 38.2 Å². The average molecular weight is 371 g/mol. The summed E-state index contributed by atoms with van der Waals surface area (Å²) < 4.78 is 2.02. The summed E-state index contributed by atoms with van der Waals surface area (Å²) in [6.07, 6.45) is 6.43. The molecule has 1 heterocycles. The van der Waals surface area contributed by atoms with Gasteiger partial charge in [-0.3, -0.25) is 9.36 Å². The number of thioether (sulfide) groups is 1. The van der Waals surface area contributed by atoms with Gasteiger partial charge >= 0.3 is 0 Å². The fourth-order valence-electron chi connectivity index (χ4n) is 3.27. The van der Waals surface area contributed by atoms with Gasteiger partial charge in [0.2, 0.25) is 5.91 Å². The highest BCUT2D eigenvalue weighted by Crippen LogP contribution is 2.28. The molecule has 6 heteroatoms. The summed E-state index contributed by atoms with van der Waals surface area (Å²) >= 11 is 1.45. The largest absolute Gasteiger partial charge is 0.352 e. The van der Waals surface area contributed by atoms with E-state index in [1.807, 2.05) is 29.7 Å². The lowest BCUT2D eigenvalue weighted by Crippen LogP contribution is -2.37. The number of aromatic nitrogens is 3. The van der Waals surface area contributed by atoms with Gasteiger partial charge in [0.15, 0.2) is 11.0 Å². The quantitative estimate of drug-likeness (QED) is 0.592. The van der Waals surface area contributed by atoms with Crippen LogP contribution < -0.4 is 5.32 Å². The van der Waals surface area contributed by atoms with Crippen LogP contribution in [0.5, 0.6) is 0 Å². The molecule has 1 fully saturated rings. The number of allylic oxidation sites excluding steroid dienone is 1. The number of carbonyl (C=O) groups excluding carboxylic acids is 1. The fraction of sp³-hybridized carbons (Fsp3) is 0.450. The first-order chi connectivity index (χ1) is 12.6. The van der Waals surface area contributed by atoms with Gasteiger partial charge in [0, 0.05) is 18.2 Å². The number of nitrogens with zero attached hydrogens (tertiary/aromatic N) is 3. The minimum atomic E-state index is -0.214. The van der Waals surface area contributed by atoms with Gasteiger partial charge < -0.3 is 5.32 Å². The van der Waals surface area contributed by atoms with E-state index in [1.165, 1.54) is 30.2 Å². The molecule has 0 saturated heterocycles. The van der Waals surface area contributed by atoms with Gasteiger partial charge in [0.1, 0.15) is 0 Å². The van der Waals surface area contributed by atoms with Gasteiger partial charge in [-0.25, -0.2) is 0 Å². The zero-order chi connectivity index (χ0) is 18.5. The summed E-state index contributed by atoms with van der Waals surface area (Å²) in [5, 5.41) is 12.4. The van der Waals surface area contributed by atoms with Gasteiger partial charge in [0.25, 0.3) is 0 Å². The zero-order valence-corrected chi connectivity index (χ0v) is 16.3. The van der Waals surface area contributed by atoms with Gasteiger partial charge in [-0.1, -0.05) is 54.4 Å². The highest BCUT2D eigenvalue weighted by atomic mass is 32.2. The van der Waals surface area contributed by atoms with Crippen LogP contribution >= 0.6 is 11.8 Å². The lowest BCUT2D eigenvalue weighted by Gasteiger charge is -2.16. The molecule has 0 aliphatic heterocycles. The Bertz CT molecular complexity index is 780. The number of carbonyl (C=O) groups is 1. The maximum atomic E-state index is 12.5. The molecule has 1 aromatic heterocycles. The summed E-state index contributed by atoms with van der Waals surface area (Å²) in [6, 6.07) is 8.53. The second kappa shape index (κ2) is 8.54. The molecule has 1 aliphatic carbocycles. The highest BCUT2D eigenvalue weighted by molar-refractivity contribution is 8.00. The molecule has 138 valence electrons. The molecule has 1 aromatic carbocycles. The third-order valence-electron chi connectivity index (χ3n) is 4.66. The molecule has 1 atom stereocenters. The summed E-state index contributed by atoms with van der Waals surface area (Å²) in [6.45, 7) is 8.44. The Kier molecular flexibility index (Phi) is 6.14. The van der Waals surface area contributed by atoms with Crippen molar-refractivity contribution in [2.75, 3.05) is 0 Å². The van der Waals surface area contributed by atoms with E-state index in [9.17, 15) is 4.79 Å². The molecule has 0 bridgehead atoms. The molecular weight excluding hydrogens is 344 g/mol. The number of hydrogen-bond donors (Lipinski definition) is 1. The minimum absolute atomic E-state index is 0.0761. The van der Waals surface area contributed by atoms with Crippen LogP contribution in [0.25, 0.3) is 11.4 Å². The number of hydrogen-bond acceptors (Lipinski definition) is 4. The monoisotopic (exact) mass is 370 g/mol. The maximum absolute atomic E-state index is 12.5. The van der Waals surface area contributed by atoms with E-state index in [-0.39, 0.29) is 11.2 Å². The Morgan fingerprint density at radius 2 is 2.19 bits per heavy atom. The molecule has 5 nitrogen and oxygen atoms in total. The molecule has 1 saturated carbocycles. The van der Waals surface area contributed by atoms with Crippen LogP contribution in [-0.4, -0.2) is 32.0 Å². The Morgan fingerprint density at radius 3 is 2.88 bits per heavy atom. The molecular formula is C20H26N4OS. The summed E-state index contributed by atoms with van der Waals surface area (Å²) in [7, 11) is 0. The number of benzene rings is 1. The van der Waals surface area contributed by atoms with Gasteiger partial charge in [-0.05, 0) is 32.8 Å². The minimum Gasteiger partial charge on any atom is -0.352 e. The average Bonchev–Trinajstić information content (AvgIpc) is 3.26. The van der Waals surface area contributed by atoms with E-state index >= 15 is 0 Å². The van der Waals surface area contributed by atoms with Crippen LogP contribution in [0, 0.1) is 6.92 Å². The molecule has 3 rings (SSSR count). The number of nitrogens with one attached hydrogen (secondary N) is 1. The van der Waals surface area contributed by atoms with Crippen molar-refractivity contribution < 1.29 is 4.79 Å². The van der Waals surface area contributed by atoms with E-state index in [4.69, 9.17) is 0 Å². The predicted octanol–water partition coefficient (Wildman–Crippen LogP) is 3.98. The smallest absolute Gasteiger partial charge is 0.233 e. The van der Waals surface area contributed by atoms with Crippen molar-refractivity contribution >= 4 is 17.7 Å². The summed E-state index contributed by atoms with van der Waals surface area (Å²) in [4.78, 5) is 12.5. The van der Waals surface area contributed by atoms with Gasteiger partial charge in [0.05, 0.1) is 5.25 Å². The third-order valence-corrected chi connectivity index (χ3v) is 5.74. The lowest BCUT2D eigenvalue weighted by atomic mass is 10.1. The predicted molar refractivity (Wildman–Crippen MR) is 106 cm³/mol. The first-order valence-electron chi connectivity index (χ1n) is 9.16. The fourth-order valence-corrected chi connectivity index (χ4v) is 4.14. The first-order valence-corrected chi connectivity index (χ1v) is 10.0. The zero-order valence-electron chi connectivity index (χ0n) is 15.4. The molecule has 0 spiro atoms. The Hall–Kier alpha value is -2.08. The Morgan fingerprint density at radius 1 is 1.42 bits per heavy atom. The van der Waals surface area contributed by atoms with Crippen molar-refractivity contribution in [2.24, 2.45) is 0 Å². The van der Waals surface area contributed by atoms with Crippen molar-refractivity contribution in [3.05, 3.63) is 42.5 Å². The van der Waals surface area contributed by atoms with Gasteiger partial charge in [-0.15, -0.1) is 16.8 Å². The molecule has 26 heavy (non-hydrogen) atoms. The topological polar surface area (TPSA) is 59.8 Å². The van der Waals surface area contributed by atoms with Crippen molar-refractivity contribution in [2.45, 2.75) is 62.5 Å². The van der Waals surface area contributed by atoms with E-state index in [1.54, 1.807) is 0 Å². The van der Waals surface area contributed by atoms with Crippen molar-refractivity contribution in [1.82, 2.24) is 20.1 Å². The van der Waals surface area contributed by atoms with Crippen molar-refractivity contribution in [3.63, 3.8) is 0 Å². The van der Waals surface area contributed by atoms with Crippen molar-refractivity contribution in [3.8, 4) is 11.4 Å². The van der Waals surface area contributed by atoms with Crippen LogP contribution in [0.15, 0.2) is 42.1 Å². The molecule has 1 amide bonds. The second-order valence-corrected chi connectivity index (χ2v) is 8.13. The van der Waals surface area contributed by atoms with Crippen LogP contribution in [0.2, 0.25) is 0 Å². The lowest BCUT2D eigenvalue weighted by molar-refractivity contribution is -0.120. The normalized spacial score (nSPS) is 15.8. The molecule has 0 radical (unpaired) electrons. The first kappa shape index (κ1) is 18.7. The standard InChI is InChI=1S/C20H26N4OS/c1-4-12-24-18(16-9-7-8-14(2)13-16)22-23-20(24)26-15(3)19(25)21-17-10-5-6-11-17/h4,7-9,13,15,17H,1,5-6,10-12H2,2-3H3,(H,21,25). The van der Waals surface area contributed by atoms with Gasteiger partial charge in [-0.2, -0.15) is 0 Å². The van der Waals surface area contributed by atoms with Crippen LogP contribution in [-0.2, 0) is 11.3 Å². The number of rotatable bonds is 7. The summed E-state index contributed by atoms with van der Waals surface area (Å²) in [5.74, 6) is 0.881. The highest BCUT2D eigenvalue weighted by Gasteiger charge is 2.23. The number of aryl methyl sites for hydroxylation is 1. The molecule has 2 aromatic rings.